The standard InChI is InChI=1S/C16H19N5O/c1-12(20(2)8-9-21-7-6-17-11-21)15(22)14-10-19-16-13(14)4-3-5-18-16/h3-7,10-12H,8-9H2,1-2H3,(H,18,19). The lowest BCUT2D eigenvalue weighted by atomic mass is 10.0. The van der Waals surface area contributed by atoms with Crippen molar-refractivity contribution < 1.29 is 4.79 Å². The largest absolute Gasteiger partial charge is 0.345 e. The van der Waals surface area contributed by atoms with E-state index in [1.807, 2.05) is 36.9 Å². The van der Waals surface area contributed by atoms with Crippen LogP contribution in [0.2, 0.25) is 0 Å². The average molecular weight is 297 g/mol. The zero-order chi connectivity index (χ0) is 15.5. The monoisotopic (exact) mass is 297 g/mol. The predicted molar refractivity (Wildman–Crippen MR) is 84.7 cm³/mol. The highest BCUT2D eigenvalue weighted by molar-refractivity contribution is 6.09. The van der Waals surface area contributed by atoms with Gasteiger partial charge >= 0.3 is 0 Å². The van der Waals surface area contributed by atoms with Gasteiger partial charge in [0.15, 0.2) is 5.78 Å². The Morgan fingerprint density at radius 1 is 1.45 bits per heavy atom. The van der Waals surface area contributed by atoms with Crippen LogP contribution >= 0.6 is 0 Å². The summed E-state index contributed by atoms with van der Waals surface area (Å²) in [6.45, 7) is 3.53. The maximum Gasteiger partial charge on any atom is 0.181 e. The van der Waals surface area contributed by atoms with E-state index in [9.17, 15) is 4.79 Å². The summed E-state index contributed by atoms with van der Waals surface area (Å²) < 4.78 is 2.00. The maximum atomic E-state index is 12.7. The molecule has 0 radical (unpaired) electrons. The number of likely N-dealkylation sites (N-methyl/N-ethyl adjacent to an activating group) is 1. The third-order valence-electron chi connectivity index (χ3n) is 4.03. The zero-order valence-electron chi connectivity index (χ0n) is 12.7. The molecule has 0 saturated carbocycles. The van der Waals surface area contributed by atoms with Crippen molar-refractivity contribution in [3.63, 3.8) is 0 Å². The number of aromatic amines is 1. The lowest BCUT2D eigenvalue weighted by Gasteiger charge is -2.23. The SMILES string of the molecule is CC(C(=O)c1c[nH]c2ncccc12)N(C)CCn1ccnc1. The smallest absolute Gasteiger partial charge is 0.181 e. The summed E-state index contributed by atoms with van der Waals surface area (Å²) in [4.78, 5) is 26.1. The molecule has 1 unspecified atom stereocenters. The zero-order valence-corrected chi connectivity index (χ0v) is 12.7. The first-order valence-corrected chi connectivity index (χ1v) is 7.29. The molecule has 0 fully saturated rings. The second-order valence-electron chi connectivity index (χ2n) is 5.42. The quantitative estimate of drug-likeness (QED) is 0.706. The summed E-state index contributed by atoms with van der Waals surface area (Å²) in [7, 11) is 1.96. The highest BCUT2D eigenvalue weighted by Crippen LogP contribution is 2.18. The number of fused-ring (bicyclic) bond motifs is 1. The Kier molecular flexibility index (Phi) is 4.02. The van der Waals surface area contributed by atoms with Crippen molar-refractivity contribution >= 4 is 16.8 Å². The van der Waals surface area contributed by atoms with Gasteiger partial charge in [-0.2, -0.15) is 0 Å². The molecule has 0 aliphatic rings. The second kappa shape index (κ2) is 6.11. The molecule has 0 aromatic carbocycles. The number of carbonyl (C=O) groups is 1. The number of nitrogens with one attached hydrogen (secondary N) is 1. The predicted octanol–water partition coefficient (Wildman–Crippen LogP) is 1.96. The van der Waals surface area contributed by atoms with Gasteiger partial charge < -0.3 is 9.55 Å². The number of pyridine rings is 1. The van der Waals surface area contributed by atoms with E-state index in [0.717, 1.165) is 24.1 Å². The molecule has 6 heteroatoms. The Bertz CT molecular complexity index is 762. The molecule has 3 aromatic rings. The molecule has 0 amide bonds. The van der Waals surface area contributed by atoms with E-state index >= 15 is 0 Å². The van der Waals surface area contributed by atoms with Crippen LogP contribution in [0.25, 0.3) is 11.0 Å². The van der Waals surface area contributed by atoms with Crippen LogP contribution in [0, 0.1) is 0 Å². The number of rotatable bonds is 6. The van der Waals surface area contributed by atoms with Crippen LogP contribution in [-0.4, -0.2) is 49.8 Å². The number of hydrogen-bond acceptors (Lipinski definition) is 4. The van der Waals surface area contributed by atoms with Crippen LogP contribution in [0.15, 0.2) is 43.2 Å². The number of ketones is 1. The molecular formula is C16H19N5O. The van der Waals surface area contributed by atoms with Gasteiger partial charge in [-0.25, -0.2) is 9.97 Å². The van der Waals surface area contributed by atoms with Gasteiger partial charge in [-0.05, 0) is 26.1 Å². The van der Waals surface area contributed by atoms with Crippen molar-refractivity contribution in [2.24, 2.45) is 0 Å². The third kappa shape index (κ3) is 2.78. The fourth-order valence-electron chi connectivity index (χ4n) is 2.47. The molecule has 3 rings (SSSR count). The molecule has 0 spiro atoms. The van der Waals surface area contributed by atoms with E-state index in [2.05, 4.69) is 19.9 Å². The molecule has 1 atom stereocenters. The highest BCUT2D eigenvalue weighted by atomic mass is 16.1. The Labute approximate surface area is 128 Å². The molecule has 114 valence electrons. The molecule has 3 heterocycles. The summed E-state index contributed by atoms with van der Waals surface area (Å²) >= 11 is 0. The number of carbonyl (C=O) groups excluding carboxylic acids is 1. The Morgan fingerprint density at radius 3 is 3.09 bits per heavy atom. The van der Waals surface area contributed by atoms with Crippen LogP contribution in [0.4, 0.5) is 0 Å². The van der Waals surface area contributed by atoms with Crippen LogP contribution in [0.1, 0.15) is 17.3 Å². The first-order valence-electron chi connectivity index (χ1n) is 7.29. The minimum absolute atomic E-state index is 0.104. The molecular weight excluding hydrogens is 278 g/mol. The van der Waals surface area contributed by atoms with E-state index in [1.165, 1.54) is 0 Å². The third-order valence-corrected chi connectivity index (χ3v) is 4.03. The first-order chi connectivity index (χ1) is 10.7. The fourth-order valence-corrected chi connectivity index (χ4v) is 2.47. The van der Waals surface area contributed by atoms with Gasteiger partial charge in [-0.1, -0.05) is 0 Å². The van der Waals surface area contributed by atoms with E-state index in [0.29, 0.717) is 5.56 Å². The van der Waals surface area contributed by atoms with Crippen molar-refractivity contribution in [2.75, 3.05) is 13.6 Å². The topological polar surface area (TPSA) is 66.8 Å². The summed E-state index contributed by atoms with van der Waals surface area (Å²) in [5, 5.41) is 0.877. The van der Waals surface area contributed by atoms with Crippen LogP contribution < -0.4 is 0 Å². The highest BCUT2D eigenvalue weighted by Gasteiger charge is 2.22. The van der Waals surface area contributed by atoms with Crippen molar-refractivity contribution in [1.29, 1.82) is 0 Å². The molecule has 3 aromatic heterocycles. The molecule has 0 aliphatic carbocycles. The number of hydrogen-bond donors (Lipinski definition) is 1. The number of Topliss-reactive ketones (excluding diaryl/α,β-unsaturated/α-hetero) is 1. The van der Waals surface area contributed by atoms with Gasteiger partial charge in [0.2, 0.25) is 0 Å². The van der Waals surface area contributed by atoms with Crippen LogP contribution in [0.3, 0.4) is 0 Å². The van der Waals surface area contributed by atoms with Crippen molar-refractivity contribution in [2.45, 2.75) is 19.5 Å². The van der Waals surface area contributed by atoms with Gasteiger partial charge in [-0.3, -0.25) is 9.69 Å². The minimum Gasteiger partial charge on any atom is -0.345 e. The molecule has 0 saturated heterocycles. The van der Waals surface area contributed by atoms with Crippen LogP contribution in [0.5, 0.6) is 0 Å². The van der Waals surface area contributed by atoms with Gasteiger partial charge in [0.1, 0.15) is 5.65 Å². The summed E-state index contributed by atoms with van der Waals surface area (Å²) in [6, 6.07) is 3.58. The molecule has 1 N–H and O–H groups in total. The van der Waals surface area contributed by atoms with Gasteiger partial charge in [0, 0.05) is 48.8 Å². The summed E-state index contributed by atoms with van der Waals surface area (Å²) in [5.41, 5.74) is 1.45. The molecule has 0 bridgehead atoms. The van der Waals surface area contributed by atoms with Crippen molar-refractivity contribution in [1.82, 2.24) is 24.4 Å². The van der Waals surface area contributed by atoms with Crippen molar-refractivity contribution in [3.05, 3.63) is 48.8 Å². The average Bonchev–Trinajstić information content (AvgIpc) is 3.20. The first kappa shape index (κ1) is 14.5. The van der Waals surface area contributed by atoms with E-state index < -0.39 is 0 Å². The van der Waals surface area contributed by atoms with E-state index in [-0.39, 0.29) is 11.8 Å². The summed E-state index contributed by atoms with van der Waals surface area (Å²) in [5.74, 6) is 0.104. The van der Waals surface area contributed by atoms with Gasteiger partial charge in [-0.15, -0.1) is 0 Å². The second-order valence-corrected chi connectivity index (χ2v) is 5.42. The fraction of sp³-hybridized carbons (Fsp3) is 0.312. The minimum atomic E-state index is -0.192. The van der Waals surface area contributed by atoms with Crippen LogP contribution in [-0.2, 0) is 6.54 Å². The molecule has 0 aliphatic heterocycles. The number of aromatic nitrogens is 4. The number of nitrogens with zero attached hydrogens (tertiary/aromatic N) is 4. The van der Waals surface area contributed by atoms with Gasteiger partial charge in [0.05, 0.1) is 12.4 Å². The number of H-pyrrole nitrogens is 1. The van der Waals surface area contributed by atoms with E-state index in [4.69, 9.17) is 0 Å². The lowest BCUT2D eigenvalue weighted by Crippen LogP contribution is -2.37. The Hall–Kier alpha value is -2.47. The molecule has 22 heavy (non-hydrogen) atoms. The normalized spacial score (nSPS) is 12.9. The Morgan fingerprint density at radius 2 is 2.32 bits per heavy atom. The Balaban J connectivity index is 1.70. The van der Waals surface area contributed by atoms with Crippen molar-refractivity contribution in [3.8, 4) is 0 Å². The van der Waals surface area contributed by atoms with E-state index in [1.54, 1.807) is 24.9 Å². The summed E-state index contributed by atoms with van der Waals surface area (Å²) in [6.07, 6.45) is 8.93. The number of imidazole rings is 1. The maximum absolute atomic E-state index is 12.7. The lowest BCUT2D eigenvalue weighted by molar-refractivity contribution is 0.0867. The molecule has 6 nitrogen and oxygen atoms in total. The van der Waals surface area contributed by atoms with Gasteiger partial charge in [0.25, 0.3) is 0 Å².